The van der Waals surface area contributed by atoms with Gasteiger partial charge in [-0.1, -0.05) is 22.0 Å². The Morgan fingerprint density at radius 1 is 1.38 bits per heavy atom. The second-order valence-corrected chi connectivity index (χ2v) is 8.37. The molecule has 2 aromatic heterocycles. The molecule has 0 fully saturated rings. The average molecular weight is 487 g/mol. The average Bonchev–Trinajstić information content (AvgIpc) is 3.32. The molecule has 3 N–H and O–H groups in total. The number of halogens is 4. The monoisotopic (exact) mass is 486 g/mol. The SMILES string of the molecule is O=C(Nc1cc(Br)ccc1O)c1cnn2c1N[C@H](c1cccs1)C[C@@H]2C(F)(F)F. The van der Waals surface area contributed by atoms with Crippen molar-refractivity contribution in [3.63, 3.8) is 0 Å². The number of carbonyl (C=O) groups is 1. The number of aromatic hydroxyl groups is 1. The van der Waals surface area contributed by atoms with Crippen molar-refractivity contribution in [1.82, 2.24) is 9.78 Å². The Hall–Kier alpha value is -2.53. The van der Waals surface area contributed by atoms with Crippen molar-refractivity contribution < 1.29 is 23.1 Å². The second-order valence-electron chi connectivity index (χ2n) is 6.47. The summed E-state index contributed by atoms with van der Waals surface area (Å²) in [6, 6.07) is 5.53. The lowest BCUT2D eigenvalue weighted by atomic mass is 10.0. The minimum Gasteiger partial charge on any atom is -0.506 e. The summed E-state index contributed by atoms with van der Waals surface area (Å²) in [5.74, 6) is -0.857. The molecule has 1 amide bonds. The lowest BCUT2D eigenvalue weighted by Gasteiger charge is -2.33. The molecule has 0 saturated heterocycles. The minimum absolute atomic E-state index is 0.0102. The minimum atomic E-state index is -4.52. The Morgan fingerprint density at radius 2 is 2.17 bits per heavy atom. The smallest absolute Gasteiger partial charge is 0.410 e. The third kappa shape index (κ3) is 3.84. The van der Waals surface area contributed by atoms with Crippen LogP contribution < -0.4 is 10.6 Å². The first kappa shape index (κ1) is 19.8. The van der Waals surface area contributed by atoms with Crippen molar-refractivity contribution in [2.75, 3.05) is 10.6 Å². The number of alkyl halides is 3. The number of rotatable bonds is 3. The van der Waals surface area contributed by atoms with Crippen molar-refractivity contribution in [1.29, 1.82) is 0 Å². The zero-order valence-electron chi connectivity index (χ0n) is 14.6. The van der Waals surface area contributed by atoms with Crippen LogP contribution >= 0.6 is 27.3 Å². The van der Waals surface area contributed by atoms with Gasteiger partial charge in [-0.2, -0.15) is 18.3 Å². The third-order valence-corrected chi connectivity index (χ3v) is 6.06. The molecule has 152 valence electrons. The molecule has 1 aliphatic rings. The predicted octanol–water partition coefficient (Wildman–Crippen LogP) is 5.33. The van der Waals surface area contributed by atoms with Crippen molar-refractivity contribution in [3.8, 4) is 5.75 Å². The molecule has 1 aromatic carbocycles. The first-order valence-electron chi connectivity index (χ1n) is 8.48. The van der Waals surface area contributed by atoms with Gasteiger partial charge < -0.3 is 15.7 Å². The maximum Gasteiger partial charge on any atom is 0.410 e. The Kier molecular flexibility index (Phi) is 5.03. The van der Waals surface area contributed by atoms with Crippen LogP contribution in [0.4, 0.5) is 24.7 Å². The lowest BCUT2D eigenvalue weighted by Crippen LogP contribution is -2.36. The van der Waals surface area contributed by atoms with E-state index < -0.39 is 24.2 Å². The third-order valence-electron chi connectivity index (χ3n) is 4.58. The maximum atomic E-state index is 13.7. The molecule has 1 aliphatic heterocycles. The van der Waals surface area contributed by atoms with E-state index in [1.807, 2.05) is 0 Å². The van der Waals surface area contributed by atoms with E-state index in [4.69, 9.17) is 0 Å². The molecular formula is C18H14BrF3N4O2S. The van der Waals surface area contributed by atoms with Crippen LogP contribution in [0.15, 0.2) is 46.4 Å². The molecule has 0 radical (unpaired) electrons. The quantitative estimate of drug-likeness (QED) is 0.437. The molecular weight excluding hydrogens is 473 g/mol. The van der Waals surface area contributed by atoms with Gasteiger partial charge in [-0.05, 0) is 29.6 Å². The van der Waals surface area contributed by atoms with E-state index in [2.05, 4.69) is 31.7 Å². The van der Waals surface area contributed by atoms with E-state index in [0.717, 1.165) is 15.8 Å². The van der Waals surface area contributed by atoms with Gasteiger partial charge in [0.25, 0.3) is 5.91 Å². The van der Waals surface area contributed by atoms with E-state index in [0.29, 0.717) is 4.47 Å². The number of nitrogens with one attached hydrogen (secondary N) is 2. The van der Waals surface area contributed by atoms with Crippen molar-refractivity contribution in [2.24, 2.45) is 0 Å². The summed E-state index contributed by atoms with van der Waals surface area (Å²) >= 11 is 4.58. The molecule has 0 unspecified atom stereocenters. The van der Waals surface area contributed by atoms with Crippen molar-refractivity contribution >= 4 is 44.7 Å². The number of aromatic nitrogens is 2. The number of thiophene rings is 1. The molecule has 6 nitrogen and oxygen atoms in total. The number of hydrogen-bond donors (Lipinski definition) is 3. The molecule has 3 aromatic rings. The summed E-state index contributed by atoms with van der Waals surface area (Å²) in [6.45, 7) is 0. The largest absolute Gasteiger partial charge is 0.506 e. The predicted molar refractivity (Wildman–Crippen MR) is 106 cm³/mol. The molecule has 2 atom stereocenters. The van der Waals surface area contributed by atoms with Gasteiger partial charge in [0.1, 0.15) is 17.1 Å². The van der Waals surface area contributed by atoms with E-state index in [1.165, 1.54) is 23.5 Å². The number of phenolic OH excluding ortho intramolecular Hbond substituents is 1. The zero-order chi connectivity index (χ0) is 20.8. The van der Waals surface area contributed by atoms with E-state index in [9.17, 15) is 23.1 Å². The highest BCUT2D eigenvalue weighted by atomic mass is 79.9. The van der Waals surface area contributed by atoms with Crippen LogP contribution in [0.5, 0.6) is 5.75 Å². The van der Waals surface area contributed by atoms with Crippen LogP contribution in [0.25, 0.3) is 0 Å². The first-order valence-corrected chi connectivity index (χ1v) is 10.2. The highest BCUT2D eigenvalue weighted by Crippen LogP contribution is 2.45. The topological polar surface area (TPSA) is 79.2 Å². The number of carbonyl (C=O) groups excluding carboxylic acids is 1. The van der Waals surface area contributed by atoms with Gasteiger partial charge in [0.05, 0.1) is 17.9 Å². The Morgan fingerprint density at radius 3 is 2.86 bits per heavy atom. The molecule has 29 heavy (non-hydrogen) atoms. The summed E-state index contributed by atoms with van der Waals surface area (Å²) in [4.78, 5) is 13.5. The summed E-state index contributed by atoms with van der Waals surface area (Å²) in [6.07, 6.45) is -3.65. The molecule has 0 bridgehead atoms. The number of anilines is 2. The number of hydrogen-bond acceptors (Lipinski definition) is 5. The van der Waals surface area contributed by atoms with Gasteiger partial charge in [0.2, 0.25) is 0 Å². The summed E-state index contributed by atoms with van der Waals surface area (Å²) in [5.41, 5.74) is 0.0854. The van der Waals surface area contributed by atoms with Gasteiger partial charge in [0, 0.05) is 15.8 Å². The summed E-state index contributed by atoms with van der Waals surface area (Å²) in [7, 11) is 0. The highest BCUT2D eigenvalue weighted by molar-refractivity contribution is 9.10. The Balaban J connectivity index is 1.70. The fourth-order valence-electron chi connectivity index (χ4n) is 3.20. The second kappa shape index (κ2) is 7.38. The van der Waals surface area contributed by atoms with Crippen LogP contribution in [0.1, 0.15) is 33.7 Å². The standard InChI is InChI=1S/C18H14BrF3N4O2S/c19-9-3-4-13(27)11(6-9)25-17(28)10-8-23-26-15(18(20,21)22)7-12(24-16(10)26)14-2-1-5-29-14/h1-6,8,12,15,24,27H,7H2,(H,25,28)/t12-,15+/m0/s1. The van der Waals surface area contributed by atoms with E-state index >= 15 is 0 Å². The molecule has 0 saturated carbocycles. The number of benzene rings is 1. The maximum absolute atomic E-state index is 13.7. The van der Waals surface area contributed by atoms with E-state index in [1.54, 1.807) is 23.6 Å². The molecule has 0 spiro atoms. The summed E-state index contributed by atoms with van der Waals surface area (Å²) in [5, 5.41) is 21.1. The van der Waals surface area contributed by atoms with Gasteiger partial charge in [-0.15, -0.1) is 11.3 Å². The number of phenols is 1. The van der Waals surface area contributed by atoms with Crippen LogP contribution in [-0.2, 0) is 0 Å². The van der Waals surface area contributed by atoms with Crippen molar-refractivity contribution in [3.05, 3.63) is 56.8 Å². The molecule has 0 aliphatic carbocycles. The Labute approximate surface area is 175 Å². The summed E-state index contributed by atoms with van der Waals surface area (Å²) < 4.78 is 42.4. The van der Waals surface area contributed by atoms with Crippen LogP contribution in [0.2, 0.25) is 0 Å². The Bertz CT molecular complexity index is 1050. The fourth-order valence-corrected chi connectivity index (χ4v) is 4.35. The lowest BCUT2D eigenvalue weighted by molar-refractivity contribution is -0.173. The van der Waals surface area contributed by atoms with Crippen LogP contribution in [0.3, 0.4) is 0 Å². The first-order chi connectivity index (χ1) is 13.7. The van der Waals surface area contributed by atoms with Crippen LogP contribution in [0, 0.1) is 0 Å². The zero-order valence-corrected chi connectivity index (χ0v) is 17.0. The van der Waals surface area contributed by atoms with Gasteiger partial charge >= 0.3 is 6.18 Å². The number of amides is 1. The number of fused-ring (bicyclic) bond motifs is 1. The molecule has 3 heterocycles. The van der Waals surface area contributed by atoms with Gasteiger partial charge in [-0.3, -0.25) is 4.79 Å². The van der Waals surface area contributed by atoms with Gasteiger partial charge in [0.15, 0.2) is 6.04 Å². The normalized spacial score (nSPS) is 18.8. The van der Waals surface area contributed by atoms with Crippen molar-refractivity contribution in [2.45, 2.75) is 24.7 Å². The number of nitrogens with zero attached hydrogens (tertiary/aromatic N) is 2. The molecule has 11 heteroatoms. The fraction of sp³-hybridized carbons (Fsp3) is 0.222. The van der Waals surface area contributed by atoms with E-state index in [-0.39, 0.29) is 29.2 Å². The highest BCUT2D eigenvalue weighted by Gasteiger charge is 2.47. The molecule has 4 rings (SSSR count). The van der Waals surface area contributed by atoms with Gasteiger partial charge in [-0.25, -0.2) is 4.68 Å². The van der Waals surface area contributed by atoms with Crippen LogP contribution in [-0.4, -0.2) is 27.0 Å².